The van der Waals surface area contributed by atoms with Gasteiger partial charge in [-0.25, -0.2) is 4.79 Å². The van der Waals surface area contributed by atoms with Crippen molar-refractivity contribution in [1.82, 2.24) is 14.3 Å². The van der Waals surface area contributed by atoms with E-state index in [1.54, 1.807) is 6.08 Å². The summed E-state index contributed by atoms with van der Waals surface area (Å²) in [7, 11) is 3.87. The number of carbonyl (C=O) groups excluding carboxylic acids is 1. The van der Waals surface area contributed by atoms with Crippen LogP contribution in [0, 0.1) is 6.92 Å². The highest BCUT2D eigenvalue weighted by Crippen LogP contribution is 2.38. The molecular formula is C34H37N3O4. The van der Waals surface area contributed by atoms with Gasteiger partial charge in [-0.3, -0.25) is 4.68 Å². The topological polar surface area (TPSA) is 67.5 Å². The maximum Gasteiger partial charge on any atom is 0.355 e. The molecular weight excluding hydrogens is 514 g/mol. The Balaban J connectivity index is 1.51. The van der Waals surface area contributed by atoms with Crippen molar-refractivity contribution in [2.45, 2.75) is 33.3 Å². The van der Waals surface area contributed by atoms with Gasteiger partial charge >= 0.3 is 5.97 Å². The number of hydrogen-bond donors (Lipinski definition) is 0. The summed E-state index contributed by atoms with van der Waals surface area (Å²) in [5, 5.41) is 7.97. The minimum absolute atomic E-state index is 0.309. The Morgan fingerprint density at radius 2 is 1.78 bits per heavy atom. The number of aryl methyl sites for hydroxylation is 4. The zero-order valence-corrected chi connectivity index (χ0v) is 24.3. The summed E-state index contributed by atoms with van der Waals surface area (Å²) < 4.78 is 21.4. The molecule has 2 heterocycles. The Hall–Kier alpha value is -4.36. The van der Waals surface area contributed by atoms with E-state index < -0.39 is 0 Å². The Labute approximate surface area is 240 Å². The maximum absolute atomic E-state index is 13.3. The number of fused-ring (bicyclic) bond motifs is 2. The van der Waals surface area contributed by atoms with Crippen molar-refractivity contribution in [2.75, 3.05) is 19.8 Å². The van der Waals surface area contributed by atoms with E-state index in [1.807, 2.05) is 67.5 Å². The van der Waals surface area contributed by atoms with Gasteiger partial charge < -0.3 is 18.8 Å². The first-order valence-electron chi connectivity index (χ1n) is 14.1. The molecule has 41 heavy (non-hydrogen) atoms. The van der Waals surface area contributed by atoms with Gasteiger partial charge in [0.25, 0.3) is 0 Å². The number of ether oxygens (including phenoxy) is 3. The molecule has 2 aromatic heterocycles. The third-order valence-electron chi connectivity index (χ3n) is 7.45. The molecule has 5 aromatic rings. The van der Waals surface area contributed by atoms with Gasteiger partial charge in [0, 0.05) is 36.0 Å². The summed E-state index contributed by atoms with van der Waals surface area (Å²) in [6.45, 7) is 9.29. The minimum atomic E-state index is -0.320. The lowest BCUT2D eigenvalue weighted by Gasteiger charge is -2.11. The average molecular weight is 552 g/mol. The molecule has 0 unspecified atom stereocenters. The summed E-state index contributed by atoms with van der Waals surface area (Å²) in [6.07, 6.45) is 3.15. The first-order valence-corrected chi connectivity index (χ1v) is 14.1. The van der Waals surface area contributed by atoms with Crippen molar-refractivity contribution >= 4 is 27.6 Å². The summed E-state index contributed by atoms with van der Waals surface area (Å²) in [5.74, 6) is 0.548. The van der Waals surface area contributed by atoms with Gasteiger partial charge in [-0.2, -0.15) is 5.10 Å². The number of benzene rings is 3. The summed E-state index contributed by atoms with van der Waals surface area (Å²) in [4.78, 5) is 13.3. The molecule has 0 aliphatic rings. The van der Waals surface area contributed by atoms with Gasteiger partial charge in [-0.05, 0) is 43.7 Å². The predicted molar refractivity (Wildman–Crippen MR) is 163 cm³/mol. The van der Waals surface area contributed by atoms with Crippen molar-refractivity contribution < 1.29 is 19.0 Å². The Morgan fingerprint density at radius 1 is 1.02 bits per heavy atom. The van der Waals surface area contributed by atoms with Gasteiger partial charge in [0.2, 0.25) is 0 Å². The molecule has 5 rings (SSSR count). The highest BCUT2D eigenvalue weighted by atomic mass is 16.5. The van der Waals surface area contributed by atoms with Crippen molar-refractivity contribution in [3.8, 4) is 16.9 Å². The van der Waals surface area contributed by atoms with E-state index >= 15 is 0 Å². The molecule has 0 bridgehead atoms. The van der Waals surface area contributed by atoms with Gasteiger partial charge in [-0.15, -0.1) is 6.58 Å². The maximum atomic E-state index is 13.3. The Bertz CT molecular complexity index is 1710. The molecule has 0 aliphatic heterocycles. The summed E-state index contributed by atoms with van der Waals surface area (Å²) >= 11 is 0. The van der Waals surface area contributed by atoms with E-state index in [1.165, 1.54) is 0 Å². The first-order chi connectivity index (χ1) is 20.0. The van der Waals surface area contributed by atoms with Crippen LogP contribution in [-0.4, -0.2) is 40.1 Å². The van der Waals surface area contributed by atoms with Crippen LogP contribution in [0.4, 0.5) is 0 Å². The summed E-state index contributed by atoms with van der Waals surface area (Å²) in [6, 6.07) is 20.5. The number of hydrogen-bond acceptors (Lipinski definition) is 5. The quantitative estimate of drug-likeness (QED) is 0.0955. The minimum Gasteiger partial charge on any atom is -0.493 e. The highest BCUT2D eigenvalue weighted by molar-refractivity contribution is 6.04. The van der Waals surface area contributed by atoms with Gasteiger partial charge in [0.15, 0.2) is 0 Å². The molecule has 0 radical (unpaired) electrons. The van der Waals surface area contributed by atoms with Crippen LogP contribution in [-0.2, 0) is 36.6 Å². The van der Waals surface area contributed by atoms with Crippen LogP contribution in [0.2, 0.25) is 0 Å². The molecule has 0 amide bonds. The van der Waals surface area contributed by atoms with E-state index in [2.05, 4.69) is 36.9 Å². The number of para-hydroxylation sites is 1. The van der Waals surface area contributed by atoms with Crippen LogP contribution in [0.3, 0.4) is 0 Å². The lowest BCUT2D eigenvalue weighted by molar-refractivity contribution is 0.0514. The van der Waals surface area contributed by atoms with E-state index in [0.29, 0.717) is 38.5 Å². The second-order valence-electron chi connectivity index (χ2n) is 10.1. The molecule has 7 heteroatoms. The van der Waals surface area contributed by atoms with Crippen LogP contribution in [0.5, 0.6) is 5.75 Å². The highest BCUT2D eigenvalue weighted by Gasteiger charge is 2.26. The number of rotatable bonds is 12. The zero-order valence-electron chi connectivity index (χ0n) is 24.3. The first kappa shape index (κ1) is 28.2. The number of aromatic nitrogens is 3. The number of esters is 1. The molecule has 0 N–H and O–H groups in total. The third-order valence-corrected chi connectivity index (χ3v) is 7.45. The number of carbonyl (C=O) groups is 1. The number of nitrogens with zero attached hydrogens (tertiary/aromatic N) is 3. The van der Waals surface area contributed by atoms with Crippen LogP contribution >= 0.6 is 0 Å². The van der Waals surface area contributed by atoms with Crippen LogP contribution in [0.25, 0.3) is 32.8 Å². The molecule has 0 spiro atoms. The molecule has 7 nitrogen and oxygen atoms in total. The van der Waals surface area contributed by atoms with Crippen LogP contribution < -0.4 is 4.74 Å². The van der Waals surface area contributed by atoms with E-state index in [4.69, 9.17) is 19.3 Å². The standard InChI is InChI=1S/C34H37N3O4/c1-6-20-39-22-29-31(23(3)35-37(29)5)28-17-11-16-26-27(33(34(38)40-7-2)36(4)32(26)28)18-12-21-41-30-19-10-14-24-13-8-9-15-25(24)30/h6,8-11,13-17,19H,1,7,12,18,20-22H2,2-5H3. The molecule has 3 aromatic carbocycles. The van der Waals surface area contributed by atoms with Crippen LogP contribution in [0.1, 0.15) is 40.8 Å². The smallest absolute Gasteiger partial charge is 0.355 e. The van der Waals surface area contributed by atoms with Crippen LogP contribution in [0.15, 0.2) is 73.3 Å². The second kappa shape index (κ2) is 12.4. The van der Waals surface area contributed by atoms with Crippen molar-refractivity contribution in [2.24, 2.45) is 14.1 Å². The Morgan fingerprint density at radius 3 is 2.59 bits per heavy atom. The fraction of sp³-hybridized carbons (Fsp3) is 0.294. The fourth-order valence-corrected chi connectivity index (χ4v) is 5.72. The molecule has 0 aliphatic carbocycles. The second-order valence-corrected chi connectivity index (χ2v) is 10.1. The van der Waals surface area contributed by atoms with Gasteiger partial charge in [0.1, 0.15) is 11.4 Å². The molecule has 212 valence electrons. The van der Waals surface area contributed by atoms with Gasteiger partial charge in [0.05, 0.1) is 43.3 Å². The third kappa shape index (κ3) is 5.50. The zero-order chi connectivity index (χ0) is 28.9. The van der Waals surface area contributed by atoms with Crippen molar-refractivity contribution in [3.05, 3.63) is 96.0 Å². The van der Waals surface area contributed by atoms with Crippen molar-refractivity contribution in [1.29, 1.82) is 0 Å². The van der Waals surface area contributed by atoms with E-state index in [0.717, 1.165) is 61.9 Å². The average Bonchev–Trinajstić information content (AvgIpc) is 3.42. The van der Waals surface area contributed by atoms with E-state index in [-0.39, 0.29) is 5.97 Å². The van der Waals surface area contributed by atoms with E-state index in [9.17, 15) is 4.79 Å². The SMILES string of the molecule is C=CCOCc1c(-c2cccc3c(CCCOc4cccc5ccccc45)c(C(=O)OCC)n(C)c23)c(C)nn1C. The largest absolute Gasteiger partial charge is 0.493 e. The molecule has 0 atom stereocenters. The lowest BCUT2D eigenvalue weighted by Crippen LogP contribution is -2.13. The molecule has 0 fully saturated rings. The molecule has 0 saturated heterocycles. The Kier molecular flexibility index (Phi) is 8.55. The monoisotopic (exact) mass is 551 g/mol. The normalized spacial score (nSPS) is 11.3. The van der Waals surface area contributed by atoms with Gasteiger partial charge in [-0.1, -0.05) is 60.7 Å². The summed E-state index contributed by atoms with van der Waals surface area (Å²) in [5.41, 5.74) is 6.42. The molecule has 0 saturated carbocycles. The lowest BCUT2D eigenvalue weighted by atomic mass is 9.98. The predicted octanol–water partition coefficient (Wildman–Crippen LogP) is 6.93. The van der Waals surface area contributed by atoms with Crippen molar-refractivity contribution in [3.63, 3.8) is 0 Å². The fourth-order valence-electron chi connectivity index (χ4n) is 5.72.